The van der Waals surface area contributed by atoms with E-state index in [-0.39, 0.29) is 54.7 Å². The summed E-state index contributed by atoms with van der Waals surface area (Å²) in [6, 6.07) is 5.28. The molecule has 3 heterocycles. The Kier molecular flexibility index (Phi) is 9.19. The molecule has 0 radical (unpaired) electrons. The number of likely N-dealkylation sites (N-methyl/N-ethyl adjacent to an activating group) is 1. The fourth-order valence-corrected chi connectivity index (χ4v) is 5.21. The topological polar surface area (TPSA) is 120 Å². The van der Waals surface area contributed by atoms with Crippen LogP contribution in [0.3, 0.4) is 0 Å². The van der Waals surface area contributed by atoms with E-state index in [4.69, 9.17) is 4.74 Å². The molecule has 3 aliphatic heterocycles. The Labute approximate surface area is 217 Å². The highest BCUT2D eigenvalue weighted by Gasteiger charge is 2.45. The van der Waals surface area contributed by atoms with E-state index >= 15 is 0 Å². The minimum Gasteiger partial charge on any atom is -0.493 e. The van der Waals surface area contributed by atoms with Crippen LogP contribution in [-0.4, -0.2) is 84.3 Å². The highest BCUT2D eigenvalue weighted by atomic mass is 35.5. The summed E-state index contributed by atoms with van der Waals surface area (Å²) in [4.78, 5) is 55.3. The van der Waals surface area contributed by atoms with E-state index in [0.717, 1.165) is 11.3 Å². The van der Waals surface area contributed by atoms with Gasteiger partial charge in [-0.15, -0.1) is 12.4 Å². The van der Waals surface area contributed by atoms with Crippen molar-refractivity contribution < 1.29 is 23.9 Å². The van der Waals surface area contributed by atoms with Gasteiger partial charge in [-0.05, 0) is 39.3 Å². The molecule has 4 amide bonds. The van der Waals surface area contributed by atoms with Gasteiger partial charge in [0.05, 0.1) is 18.7 Å². The van der Waals surface area contributed by atoms with Crippen LogP contribution in [0.4, 0.5) is 0 Å². The number of halogens is 1. The number of carbonyl (C=O) groups excluding carboxylic acids is 4. The van der Waals surface area contributed by atoms with Gasteiger partial charge in [-0.2, -0.15) is 0 Å². The standard InChI is InChI=1S/C25H35N5O5.ClH/c1-15(26-3)23(32)28-20-14-29(16(2)31)12-10-17-8-9-21(30(17)25(20)34)24(33)27-19-11-13-35-22-7-5-4-6-18(19)22;/h4-7,15,17,19-21,26H,8-14H2,1-3H3,(H,27,33)(H,28,32);1H/t15-,17+,19+,20-,21-;/m0./s1. The van der Waals surface area contributed by atoms with Crippen molar-refractivity contribution in [1.82, 2.24) is 25.8 Å². The molecule has 3 N–H and O–H groups in total. The quantitative estimate of drug-likeness (QED) is 0.526. The van der Waals surface area contributed by atoms with Crippen LogP contribution in [0.15, 0.2) is 24.3 Å². The first-order valence-corrected chi connectivity index (χ1v) is 12.4. The van der Waals surface area contributed by atoms with E-state index in [1.807, 2.05) is 24.3 Å². The fourth-order valence-electron chi connectivity index (χ4n) is 5.21. The second-order valence-electron chi connectivity index (χ2n) is 9.55. The predicted molar refractivity (Wildman–Crippen MR) is 136 cm³/mol. The van der Waals surface area contributed by atoms with E-state index in [2.05, 4.69) is 16.0 Å². The summed E-state index contributed by atoms with van der Waals surface area (Å²) in [5, 5.41) is 8.81. The first-order valence-electron chi connectivity index (χ1n) is 12.4. The van der Waals surface area contributed by atoms with E-state index in [9.17, 15) is 19.2 Å². The van der Waals surface area contributed by atoms with Crippen molar-refractivity contribution in [3.63, 3.8) is 0 Å². The molecule has 2 fully saturated rings. The lowest BCUT2D eigenvalue weighted by Crippen LogP contribution is -2.62. The summed E-state index contributed by atoms with van der Waals surface area (Å²) in [6.07, 6.45) is 2.47. The van der Waals surface area contributed by atoms with Crippen molar-refractivity contribution in [3.8, 4) is 5.75 Å². The maximum absolute atomic E-state index is 13.8. The minimum absolute atomic E-state index is 0. The summed E-state index contributed by atoms with van der Waals surface area (Å²) in [5.41, 5.74) is 0.934. The van der Waals surface area contributed by atoms with Crippen LogP contribution in [-0.2, 0) is 19.2 Å². The summed E-state index contributed by atoms with van der Waals surface area (Å²) in [6.45, 7) is 4.23. The van der Waals surface area contributed by atoms with Gasteiger partial charge in [-0.1, -0.05) is 18.2 Å². The molecule has 0 bridgehead atoms. The lowest BCUT2D eigenvalue weighted by atomic mass is 10.00. The first kappa shape index (κ1) is 27.7. The van der Waals surface area contributed by atoms with Crippen molar-refractivity contribution >= 4 is 36.0 Å². The summed E-state index contributed by atoms with van der Waals surface area (Å²) >= 11 is 0. The molecule has 0 aliphatic carbocycles. The van der Waals surface area contributed by atoms with Crippen LogP contribution >= 0.6 is 12.4 Å². The SMILES string of the molecule is CN[C@@H](C)C(=O)N[C@H]1CN(C(C)=O)CC[C@H]2CC[C@@H](C(=O)N[C@@H]3CCOc4ccccc43)N2C1=O.Cl. The molecule has 1 aromatic rings. The van der Waals surface area contributed by atoms with Crippen molar-refractivity contribution in [3.05, 3.63) is 29.8 Å². The molecule has 3 aliphatic rings. The van der Waals surface area contributed by atoms with Gasteiger partial charge in [-0.25, -0.2) is 0 Å². The lowest BCUT2D eigenvalue weighted by Gasteiger charge is -2.39. The molecular formula is C25H36ClN5O5. The number of benzene rings is 1. The number of hydrogen-bond donors (Lipinski definition) is 3. The van der Waals surface area contributed by atoms with Gasteiger partial charge >= 0.3 is 0 Å². The van der Waals surface area contributed by atoms with Gasteiger partial charge in [0.1, 0.15) is 17.8 Å². The zero-order valence-electron chi connectivity index (χ0n) is 21.0. The predicted octanol–water partition coefficient (Wildman–Crippen LogP) is 0.753. The average molecular weight is 522 g/mol. The van der Waals surface area contributed by atoms with Crippen molar-refractivity contribution in [2.24, 2.45) is 0 Å². The molecule has 10 nitrogen and oxygen atoms in total. The molecule has 0 spiro atoms. The second kappa shape index (κ2) is 11.9. The van der Waals surface area contributed by atoms with Crippen LogP contribution in [0.2, 0.25) is 0 Å². The van der Waals surface area contributed by atoms with Crippen LogP contribution in [0.5, 0.6) is 5.75 Å². The smallest absolute Gasteiger partial charge is 0.247 e. The number of fused-ring (bicyclic) bond motifs is 2. The van der Waals surface area contributed by atoms with E-state index in [0.29, 0.717) is 38.8 Å². The van der Waals surface area contributed by atoms with Crippen molar-refractivity contribution in [2.45, 2.75) is 69.7 Å². The van der Waals surface area contributed by atoms with E-state index < -0.39 is 18.1 Å². The van der Waals surface area contributed by atoms with Crippen LogP contribution in [0, 0.1) is 0 Å². The van der Waals surface area contributed by atoms with Gasteiger partial charge in [0, 0.05) is 38.0 Å². The number of ether oxygens (including phenoxy) is 1. The second-order valence-corrected chi connectivity index (χ2v) is 9.55. The van der Waals surface area contributed by atoms with Gasteiger partial charge in [0.2, 0.25) is 23.6 Å². The van der Waals surface area contributed by atoms with E-state index in [1.165, 1.54) is 6.92 Å². The molecule has 4 rings (SSSR count). The third kappa shape index (κ3) is 5.75. The van der Waals surface area contributed by atoms with Crippen molar-refractivity contribution in [2.75, 3.05) is 26.7 Å². The Balaban J connectivity index is 0.00000361. The molecule has 0 unspecified atom stereocenters. The Bertz CT molecular complexity index is 991. The number of amides is 4. The van der Waals surface area contributed by atoms with Gasteiger partial charge in [0.25, 0.3) is 0 Å². The monoisotopic (exact) mass is 521 g/mol. The fraction of sp³-hybridized carbons (Fsp3) is 0.600. The Hall–Kier alpha value is -2.85. The molecule has 2 saturated heterocycles. The average Bonchev–Trinajstić information content (AvgIpc) is 3.27. The molecule has 36 heavy (non-hydrogen) atoms. The highest BCUT2D eigenvalue weighted by Crippen LogP contribution is 2.33. The van der Waals surface area contributed by atoms with Crippen LogP contribution in [0.1, 0.15) is 51.1 Å². The molecule has 0 aromatic heterocycles. The number of rotatable bonds is 5. The maximum Gasteiger partial charge on any atom is 0.247 e. The molecular weight excluding hydrogens is 486 g/mol. The van der Waals surface area contributed by atoms with Crippen LogP contribution in [0.25, 0.3) is 0 Å². The molecule has 0 saturated carbocycles. The maximum atomic E-state index is 13.8. The highest BCUT2D eigenvalue weighted by molar-refractivity contribution is 5.94. The number of para-hydroxylation sites is 1. The summed E-state index contributed by atoms with van der Waals surface area (Å²) < 4.78 is 5.71. The summed E-state index contributed by atoms with van der Waals surface area (Å²) in [7, 11) is 1.66. The summed E-state index contributed by atoms with van der Waals surface area (Å²) in [5.74, 6) is -0.215. The van der Waals surface area contributed by atoms with Gasteiger partial charge < -0.3 is 30.5 Å². The number of nitrogens with one attached hydrogen (secondary N) is 3. The molecule has 5 atom stereocenters. The Morgan fingerprint density at radius 3 is 2.53 bits per heavy atom. The lowest BCUT2D eigenvalue weighted by molar-refractivity contribution is -0.147. The third-order valence-corrected chi connectivity index (χ3v) is 7.36. The van der Waals surface area contributed by atoms with E-state index in [1.54, 1.807) is 23.8 Å². The Morgan fingerprint density at radius 1 is 1.06 bits per heavy atom. The normalized spacial score (nSPS) is 26.2. The first-order chi connectivity index (χ1) is 16.8. The zero-order valence-corrected chi connectivity index (χ0v) is 21.8. The van der Waals surface area contributed by atoms with Gasteiger partial charge in [0.15, 0.2) is 0 Å². The molecule has 11 heteroatoms. The number of carbonyl (C=O) groups is 4. The van der Waals surface area contributed by atoms with Gasteiger partial charge in [-0.3, -0.25) is 19.2 Å². The van der Waals surface area contributed by atoms with Crippen LogP contribution < -0.4 is 20.7 Å². The molecule has 198 valence electrons. The number of hydrogen-bond acceptors (Lipinski definition) is 6. The largest absolute Gasteiger partial charge is 0.493 e. The zero-order chi connectivity index (χ0) is 25.1. The van der Waals surface area contributed by atoms with Crippen molar-refractivity contribution in [1.29, 1.82) is 0 Å². The number of nitrogens with zero attached hydrogens (tertiary/aromatic N) is 2. The third-order valence-electron chi connectivity index (χ3n) is 7.36. The minimum atomic E-state index is -0.915. The molecule has 1 aromatic carbocycles. The Morgan fingerprint density at radius 2 is 1.81 bits per heavy atom.